The SMILES string of the molecule is C=CCN1CC2=C(C1=O)[C@H](c1ccc(OCC)cc1)NC(=O)N2. The van der Waals surface area contributed by atoms with Crippen LogP contribution in [0.1, 0.15) is 18.5 Å². The molecule has 0 bridgehead atoms. The number of nitrogens with one attached hydrogen (secondary N) is 2. The lowest BCUT2D eigenvalue weighted by molar-refractivity contribution is -0.125. The van der Waals surface area contributed by atoms with Crippen LogP contribution in [0, 0.1) is 0 Å². The van der Waals surface area contributed by atoms with Gasteiger partial charge < -0.3 is 20.3 Å². The molecule has 120 valence electrons. The maximum atomic E-state index is 12.6. The molecule has 6 heteroatoms. The Hall–Kier alpha value is -2.76. The average Bonchev–Trinajstić information content (AvgIpc) is 2.84. The van der Waals surface area contributed by atoms with E-state index in [1.807, 2.05) is 31.2 Å². The number of nitrogens with zero attached hydrogens (tertiary/aromatic N) is 1. The largest absolute Gasteiger partial charge is 0.494 e. The zero-order chi connectivity index (χ0) is 16.4. The van der Waals surface area contributed by atoms with Gasteiger partial charge in [-0.15, -0.1) is 6.58 Å². The topological polar surface area (TPSA) is 70.7 Å². The van der Waals surface area contributed by atoms with Crippen LogP contribution in [0.15, 0.2) is 48.2 Å². The number of hydrogen-bond acceptors (Lipinski definition) is 3. The third-order valence-electron chi connectivity index (χ3n) is 3.89. The second-order valence-corrected chi connectivity index (χ2v) is 5.40. The molecule has 0 aliphatic carbocycles. The van der Waals surface area contributed by atoms with Crippen molar-refractivity contribution in [2.45, 2.75) is 13.0 Å². The van der Waals surface area contributed by atoms with E-state index in [2.05, 4.69) is 17.2 Å². The van der Waals surface area contributed by atoms with Crippen molar-refractivity contribution in [3.63, 3.8) is 0 Å². The Labute approximate surface area is 134 Å². The number of hydrogen-bond donors (Lipinski definition) is 2. The van der Waals surface area contributed by atoms with Gasteiger partial charge in [0.05, 0.1) is 30.5 Å². The van der Waals surface area contributed by atoms with Crippen molar-refractivity contribution in [2.75, 3.05) is 19.7 Å². The predicted octanol–water partition coefficient (Wildman–Crippen LogP) is 1.72. The normalized spacial score (nSPS) is 20.0. The lowest BCUT2D eigenvalue weighted by atomic mass is 9.96. The molecular weight excluding hydrogens is 294 g/mol. The molecule has 2 N–H and O–H groups in total. The van der Waals surface area contributed by atoms with Crippen molar-refractivity contribution < 1.29 is 14.3 Å². The van der Waals surface area contributed by atoms with Crippen LogP contribution in [0.4, 0.5) is 4.79 Å². The Balaban J connectivity index is 1.91. The molecular formula is C17H19N3O3. The summed E-state index contributed by atoms with van der Waals surface area (Å²) >= 11 is 0. The molecule has 2 heterocycles. The van der Waals surface area contributed by atoms with E-state index >= 15 is 0 Å². The van der Waals surface area contributed by atoms with Crippen LogP contribution in [-0.4, -0.2) is 36.5 Å². The highest BCUT2D eigenvalue weighted by atomic mass is 16.5. The number of rotatable bonds is 5. The van der Waals surface area contributed by atoms with Crippen LogP contribution in [0.2, 0.25) is 0 Å². The molecule has 3 amide bonds. The summed E-state index contributed by atoms with van der Waals surface area (Å²) < 4.78 is 5.43. The monoisotopic (exact) mass is 313 g/mol. The summed E-state index contributed by atoms with van der Waals surface area (Å²) in [5.74, 6) is 0.683. The minimum atomic E-state index is -0.447. The van der Waals surface area contributed by atoms with E-state index in [9.17, 15) is 9.59 Å². The first-order valence-corrected chi connectivity index (χ1v) is 7.57. The fraction of sp³-hybridized carbons (Fsp3) is 0.294. The molecule has 0 fully saturated rings. The van der Waals surface area contributed by atoms with E-state index in [0.29, 0.717) is 31.0 Å². The molecule has 2 aliphatic rings. The van der Waals surface area contributed by atoms with Gasteiger partial charge in [0.15, 0.2) is 0 Å². The summed E-state index contributed by atoms with van der Waals surface area (Å²) in [4.78, 5) is 26.2. The van der Waals surface area contributed by atoms with E-state index in [-0.39, 0.29) is 11.9 Å². The standard InChI is InChI=1S/C17H19N3O3/c1-3-9-20-10-13-14(16(20)21)15(19-17(22)18-13)11-5-7-12(8-6-11)23-4-2/h3,5-8,15H,1,4,9-10H2,2H3,(H2,18,19,22)/t15-/m0/s1. The zero-order valence-electron chi connectivity index (χ0n) is 13.0. The number of urea groups is 1. The van der Waals surface area contributed by atoms with E-state index in [1.165, 1.54) is 0 Å². The van der Waals surface area contributed by atoms with Crippen LogP contribution >= 0.6 is 0 Å². The van der Waals surface area contributed by atoms with Gasteiger partial charge in [0.25, 0.3) is 5.91 Å². The van der Waals surface area contributed by atoms with Gasteiger partial charge in [0.2, 0.25) is 0 Å². The third-order valence-corrected chi connectivity index (χ3v) is 3.89. The smallest absolute Gasteiger partial charge is 0.319 e. The first-order valence-electron chi connectivity index (χ1n) is 7.57. The molecule has 0 radical (unpaired) electrons. The quantitative estimate of drug-likeness (QED) is 0.813. The minimum Gasteiger partial charge on any atom is -0.494 e. The van der Waals surface area contributed by atoms with Gasteiger partial charge in [0, 0.05) is 6.54 Å². The Morgan fingerprint density at radius 1 is 1.35 bits per heavy atom. The van der Waals surface area contributed by atoms with Gasteiger partial charge in [0.1, 0.15) is 5.75 Å². The lowest BCUT2D eigenvalue weighted by Gasteiger charge is -2.25. The maximum absolute atomic E-state index is 12.6. The van der Waals surface area contributed by atoms with Gasteiger partial charge in [-0.3, -0.25) is 4.79 Å². The molecule has 0 spiro atoms. The highest BCUT2D eigenvalue weighted by Crippen LogP contribution is 2.33. The lowest BCUT2D eigenvalue weighted by Crippen LogP contribution is -2.44. The van der Waals surface area contributed by atoms with Gasteiger partial charge in [-0.25, -0.2) is 4.79 Å². The predicted molar refractivity (Wildman–Crippen MR) is 85.8 cm³/mol. The third kappa shape index (κ3) is 2.79. The molecule has 3 rings (SSSR count). The summed E-state index contributed by atoms with van der Waals surface area (Å²) in [7, 11) is 0. The fourth-order valence-corrected chi connectivity index (χ4v) is 2.90. The summed E-state index contributed by atoms with van der Waals surface area (Å²) in [6.45, 7) is 7.04. The van der Waals surface area contributed by atoms with Crippen molar-refractivity contribution in [1.29, 1.82) is 0 Å². The first-order chi connectivity index (χ1) is 11.1. The molecule has 2 aliphatic heterocycles. The number of amides is 3. The van der Waals surface area contributed by atoms with Crippen LogP contribution in [0.25, 0.3) is 0 Å². The van der Waals surface area contributed by atoms with Gasteiger partial charge in [-0.2, -0.15) is 0 Å². The van der Waals surface area contributed by atoms with Crippen molar-refractivity contribution in [1.82, 2.24) is 15.5 Å². The molecule has 6 nitrogen and oxygen atoms in total. The average molecular weight is 313 g/mol. The molecule has 0 saturated carbocycles. The van der Waals surface area contributed by atoms with E-state index < -0.39 is 6.04 Å². The molecule has 1 atom stereocenters. The van der Waals surface area contributed by atoms with E-state index in [1.54, 1.807) is 11.0 Å². The molecule has 23 heavy (non-hydrogen) atoms. The van der Waals surface area contributed by atoms with Gasteiger partial charge >= 0.3 is 6.03 Å². The maximum Gasteiger partial charge on any atom is 0.319 e. The number of benzene rings is 1. The second kappa shape index (κ2) is 6.16. The number of carbonyl (C=O) groups is 2. The summed E-state index contributed by atoms with van der Waals surface area (Å²) in [6, 6.07) is 6.68. The number of carbonyl (C=O) groups excluding carboxylic acids is 2. The molecule has 1 aromatic rings. The highest BCUT2D eigenvalue weighted by molar-refractivity contribution is 6.01. The van der Waals surface area contributed by atoms with Crippen LogP contribution in [0.3, 0.4) is 0 Å². The Kier molecular flexibility index (Phi) is 4.06. The first kappa shape index (κ1) is 15.1. The molecule has 0 unspecified atom stereocenters. The Morgan fingerprint density at radius 2 is 2.09 bits per heavy atom. The zero-order valence-corrected chi connectivity index (χ0v) is 13.0. The van der Waals surface area contributed by atoms with Gasteiger partial charge in [-0.1, -0.05) is 18.2 Å². The van der Waals surface area contributed by atoms with Crippen LogP contribution in [-0.2, 0) is 4.79 Å². The van der Waals surface area contributed by atoms with Crippen molar-refractivity contribution >= 4 is 11.9 Å². The van der Waals surface area contributed by atoms with Crippen molar-refractivity contribution in [2.24, 2.45) is 0 Å². The van der Waals surface area contributed by atoms with E-state index in [0.717, 1.165) is 11.3 Å². The van der Waals surface area contributed by atoms with Crippen molar-refractivity contribution in [3.8, 4) is 5.75 Å². The Morgan fingerprint density at radius 3 is 2.74 bits per heavy atom. The summed E-state index contributed by atoms with van der Waals surface area (Å²) in [5, 5.41) is 5.56. The minimum absolute atomic E-state index is 0.0775. The second-order valence-electron chi connectivity index (χ2n) is 5.40. The highest BCUT2D eigenvalue weighted by Gasteiger charge is 2.39. The molecule has 1 aromatic carbocycles. The summed E-state index contributed by atoms with van der Waals surface area (Å²) in [5.41, 5.74) is 2.11. The Bertz CT molecular complexity index is 679. The number of ether oxygens (including phenoxy) is 1. The van der Waals surface area contributed by atoms with Crippen molar-refractivity contribution in [3.05, 3.63) is 53.8 Å². The summed E-state index contributed by atoms with van der Waals surface area (Å²) in [6.07, 6.45) is 1.68. The molecule has 0 saturated heterocycles. The van der Waals surface area contributed by atoms with Crippen LogP contribution < -0.4 is 15.4 Å². The van der Waals surface area contributed by atoms with E-state index in [4.69, 9.17) is 4.74 Å². The van der Waals surface area contributed by atoms with Gasteiger partial charge in [-0.05, 0) is 24.6 Å². The molecule has 0 aromatic heterocycles. The fourth-order valence-electron chi connectivity index (χ4n) is 2.90. The van der Waals surface area contributed by atoms with Crippen LogP contribution in [0.5, 0.6) is 5.75 Å².